The van der Waals surface area contributed by atoms with E-state index in [4.69, 9.17) is 0 Å². The number of hydrogen-bond acceptors (Lipinski definition) is 2. The van der Waals surface area contributed by atoms with Crippen LogP contribution in [0.2, 0.25) is 0 Å². The SMILES string of the molecule is CC(C)(C)N=S1(=O)CCC(F)(F)C1. The van der Waals surface area contributed by atoms with Crippen LogP contribution in [0.4, 0.5) is 8.78 Å². The molecular weight excluding hydrogens is 196 g/mol. The number of nitrogens with zero attached hydrogens (tertiary/aromatic N) is 1. The Kier molecular flexibility index (Phi) is 2.43. The van der Waals surface area contributed by atoms with Crippen LogP contribution in [-0.4, -0.2) is 27.2 Å². The van der Waals surface area contributed by atoms with Gasteiger partial charge in [0, 0.05) is 12.2 Å². The van der Waals surface area contributed by atoms with Gasteiger partial charge in [0.2, 0.25) is 0 Å². The van der Waals surface area contributed by atoms with Gasteiger partial charge in [-0.15, -0.1) is 0 Å². The number of rotatable bonds is 0. The van der Waals surface area contributed by atoms with Gasteiger partial charge in [0.15, 0.2) is 0 Å². The van der Waals surface area contributed by atoms with Gasteiger partial charge in [-0.3, -0.25) is 0 Å². The molecule has 0 spiro atoms. The molecule has 0 aromatic rings. The van der Waals surface area contributed by atoms with Crippen molar-refractivity contribution < 1.29 is 13.0 Å². The topological polar surface area (TPSA) is 29.4 Å². The van der Waals surface area contributed by atoms with E-state index in [2.05, 4.69) is 4.36 Å². The molecule has 1 aliphatic heterocycles. The monoisotopic (exact) mass is 211 g/mol. The standard InChI is InChI=1S/C8H15F2NOS/c1-7(2,3)11-13(12)5-4-8(9,10)6-13/h4-6H2,1-3H3. The first kappa shape index (κ1) is 10.9. The highest BCUT2D eigenvalue weighted by Crippen LogP contribution is 2.31. The van der Waals surface area contributed by atoms with Crippen molar-refractivity contribution in [1.82, 2.24) is 0 Å². The van der Waals surface area contributed by atoms with Gasteiger partial charge < -0.3 is 0 Å². The van der Waals surface area contributed by atoms with Crippen molar-refractivity contribution in [1.29, 1.82) is 0 Å². The molecule has 1 fully saturated rings. The predicted octanol–water partition coefficient (Wildman–Crippen LogP) is 2.29. The molecule has 1 rings (SSSR count). The Morgan fingerprint density at radius 1 is 1.38 bits per heavy atom. The summed E-state index contributed by atoms with van der Waals surface area (Å²) in [4.78, 5) is 0. The lowest BCUT2D eigenvalue weighted by Gasteiger charge is -2.14. The van der Waals surface area contributed by atoms with Crippen molar-refractivity contribution >= 4 is 9.73 Å². The second-order valence-corrected chi connectivity index (χ2v) is 6.91. The first-order chi connectivity index (χ1) is 5.62. The first-order valence-corrected chi connectivity index (χ1v) is 6.09. The molecule has 2 nitrogen and oxygen atoms in total. The Bertz CT molecular complexity index is 311. The van der Waals surface area contributed by atoms with Crippen molar-refractivity contribution in [2.45, 2.75) is 38.7 Å². The van der Waals surface area contributed by atoms with Crippen LogP contribution >= 0.6 is 0 Å². The average molecular weight is 211 g/mol. The van der Waals surface area contributed by atoms with Crippen LogP contribution in [0.15, 0.2) is 4.36 Å². The third kappa shape index (κ3) is 3.21. The zero-order valence-electron chi connectivity index (χ0n) is 8.14. The summed E-state index contributed by atoms with van der Waals surface area (Å²) in [6, 6.07) is 0. The van der Waals surface area contributed by atoms with Crippen LogP contribution in [0.5, 0.6) is 0 Å². The summed E-state index contributed by atoms with van der Waals surface area (Å²) in [6.45, 7) is 5.32. The van der Waals surface area contributed by atoms with Crippen molar-refractivity contribution in [2.75, 3.05) is 11.5 Å². The highest BCUT2D eigenvalue weighted by atomic mass is 32.2. The van der Waals surface area contributed by atoms with Crippen LogP contribution in [0.1, 0.15) is 27.2 Å². The van der Waals surface area contributed by atoms with Crippen LogP contribution < -0.4 is 0 Å². The minimum atomic E-state index is -2.77. The summed E-state index contributed by atoms with van der Waals surface area (Å²) < 4.78 is 41.3. The van der Waals surface area contributed by atoms with Crippen LogP contribution in [0.3, 0.4) is 0 Å². The lowest BCUT2D eigenvalue weighted by molar-refractivity contribution is 0.0306. The minimum absolute atomic E-state index is 0.0390. The molecule has 0 aromatic heterocycles. The van der Waals surface area contributed by atoms with Gasteiger partial charge >= 0.3 is 0 Å². The first-order valence-electron chi connectivity index (χ1n) is 4.24. The fourth-order valence-corrected chi connectivity index (χ4v) is 4.08. The maximum Gasteiger partial charge on any atom is 0.261 e. The zero-order valence-corrected chi connectivity index (χ0v) is 8.96. The Labute approximate surface area is 77.9 Å². The fraction of sp³-hybridized carbons (Fsp3) is 1.00. The molecule has 5 heteroatoms. The van der Waals surface area contributed by atoms with Gasteiger partial charge in [-0.25, -0.2) is 17.4 Å². The van der Waals surface area contributed by atoms with E-state index in [1.54, 1.807) is 20.8 Å². The van der Waals surface area contributed by atoms with E-state index < -0.39 is 26.9 Å². The third-order valence-electron chi connectivity index (χ3n) is 1.66. The molecule has 1 unspecified atom stereocenters. The Morgan fingerprint density at radius 3 is 2.23 bits per heavy atom. The summed E-state index contributed by atoms with van der Waals surface area (Å²) in [5, 5.41) is 0. The molecular formula is C8H15F2NOS. The molecule has 0 bridgehead atoms. The van der Waals surface area contributed by atoms with Gasteiger partial charge in [-0.2, -0.15) is 0 Å². The van der Waals surface area contributed by atoms with Crippen LogP contribution in [-0.2, 0) is 9.73 Å². The molecule has 13 heavy (non-hydrogen) atoms. The zero-order chi connectivity index (χ0) is 10.3. The molecule has 0 amide bonds. The van der Waals surface area contributed by atoms with Crippen molar-refractivity contribution in [3.63, 3.8) is 0 Å². The molecule has 1 saturated heterocycles. The quantitative estimate of drug-likeness (QED) is 0.604. The number of halogens is 2. The molecule has 0 saturated carbocycles. The Hall–Kier alpha value is -0.190. The summed E-state index contributed by atoms with van der Waals surface area (Å²) in [5.41, 5.74) is -0.489. The van der Waals surface area contributed by atoms with Gasteiger partial charge in [-0.05, 0) is 20.8 Å². The fourth-order valence-electron chi connectivity index (χ4n) is 1.36. The van der Waals surface area contributed by atoms with Crippen molar-refractivity contribution in [3.8, 4) is 0 Å². The summed E-state index contributed by atoms with van der Waals surface area (Å²) >= 11 is 0. The largest absolute Gasteiger partial charge is 0.261 e. The van der Waals surface area contributed by atoms with E-state index in [-0.39, 0.29) is 12.2 Å². The maximum absolute atomic E-state index is 12.8. The normalized spacial score (nSPS) is 33.3. The van der Waals surface area contributed by atoms with Crippen molar-refractivity contribution in [3.05, 3.63) is 0 Å². The molecule has 78 valence electrons. The third-order valence-corrected chi connectivity index (χ3v) is 4.26. The number of hydrogen-bond donors (Lipinski definition) is 0. The van der Waals surface area contributed by atoms with Gasteiger partial charge in [0.05, 0.1) is 21.0 Å². The van der Waals surface area contributed by atoms with Gasteiger partial charge in [0.25, 0.3) is 5.92 Å². The average Bonchev–Trinajstić information content (AvgIpc) is 2.00. The molecule has 1 aliphatic rings. The lowest BCUT2D eigenvalue weighted by Crippen LogP contribution is -2.20. The van der Waals surface area contributed by atoms with Gasteiger partial charge in [-0.1, -0.05) is 0 Å². The Balaban J connectivity index is 2.95. The van der Waals surface area contributed by atoms with Crippen LogP contribution in [0.25, 0.3) is 0 Å². The summed E-state index contributed by atoms with van der Waals surface area (Å²) in [7, 11) is -2.64. The van der Waals surface area contributed by atoms with E-state index in [1.165, 1.54) is 0 Å². The van der Waals surface area contributed by atoms with E-state index in [9.17, 15) is 13.0 Å². The van der Waals surface area contributed by atoms with E-state index >= 15 is 0 Å². The van der Waals surface area contributed by atoms with E-state index in [1.807, 2.05) is 0 Å². The smallest absolute Gasteiger partial charge is 0.250 e. The van der Waals surface area contributed by atoms with Crippen LogP contribution in [0, 0.1) is 0 Å². The summed E-state index contributed by atoms with van der Waals surface area (Å²) in [6.07, 6.45) is -0.286. The number of alkyl halides is 2. The molecule has 0 radical (unpaired) electrons. The second-order valence-electron chi connectivity index (χ2n) is 4.49. The lowest BCUT2D eigenvalue weighted by atomic mass is 10.1. The molecule has 0 N–H and O–H groups in total. The van der Waals surface area contributed by atoms with Crippen molar-refractivity contribution in [2.24, 2.45) is 4.36 Å². The highest BCUT2D eigenvalue weighted by Gasteiger charge is 2.42. The van der Waals surface area contributed by atoms with E-state index in [0.717, 1.165) is 0 Å². The van der Waals surface area contributed by atoms with E-state index in [0.29, 0.717) is 0 Å². The molecule has 0 aromatic carbocycles. The molecule has 0 aliphatic carbocycles. The maximum atomic E-state index is 12.8. The van der Waals surface area contributed by atoms with Gasteiger partial charge in [0.1, 0.15) is 0 Å². The minimum Gasteiger partial charge on any atom is -0.250 e. The summed E-state index contributed by atoms with van der Waals surface area (Å²) in [5.74, 6) is -3.29. The molecule has 1 heterocycles. The molecule has 1 atom stereocenters. The highest BCUT2D eigenvalue weighted by molar-refractivity contribution is 7.93. The second kappa shape index (κ2) is 2.90. The predicted molar refractivity (Wildman–Crippen MR) is 49.6 cm³/mol. The Morgan fingerprint density at radius 2 is 1.92 bits per heavy atom.